The van der Waals surface area contributed by atoms with Crippen LogP contribution in [0.4, 0.5) is 0 Å². The van der Waals surface area contributed by atoms with E-state index in [4.69, 9.17) is 0 Å². The van der Waals surface area contributed by atoms with Crippen LogP contribution in [0.5, 0.6) is 0 Å². The van der Waals surface area contributed by atoms with E-state index < -0.39 is 0 Å². The molecule has 14 heavy (non-hydrogen) atoms. The van der Waals surface area contributed by atoms with Gasteiger partial charge in [-0.3, -0.25) is 0 Å². The van der Waals surface area contributed by atoms with Gasteiger partial charge in [0, 0.05) is 12.5 Å². The molecule has 1 aliphatic carbocycles. The molecule has 0 fully saturated rings. The Morgan fingerprint density at radius 1 is 1.07 bits per heavy atom. The van der Waals surface area contributed by atoms with Crippen LogP contribution in [-0.2, 0) is 0 Å². The minimum absolute atomic E-state index is 0.997. The molecule has 0 nitrogen and oxygen atoms in total. The van der Waals surface area contributed by atoms with Crippen molar-refractivity contribution in [1.82, 2.24) is 0 Å². The maximum absolute atomic E-state index is 3.16. The molecule has 0 bridgehead atoms. The topological polar surface area (TPSA) is 0 Å². The van der Waals surface area contributed by atoms with Gasteiger partial charge in [0.1, 0.15) is 0 Å². The molecule has 68 valence electrons. The highest BCUT2D eigenvalue weighted by atomic mass is 14.1. The van der Waals surface area contributed by atoms with E-state index in [-0.39, 0.29) is 0 Å². The summed E-state index contributed by atoms with van der Waals surface area (Å²) in [6, 6.07) is 10.5. The van der Waals surface area contributed by atoms with E-state index in [1.807, 2.05) is 13.0 Å². The molecule has 0 unspecified atom stereocenters. The molecule has 0 radical (unpaired) electrons. The molecule has 0 heterocycles. The first-order valence-electron chi connectivity index (χ1n) is 4.87. The molecule has 0 amide bonds. The number of hydrogen-bond donors (Lipinski definition) is 0. The second kappa shape index (κ2) is 4.04. The Hall–Kier alpha value is -1.65. The lowest BCUT2D eigenvalue weighted by Gasteiger charge is -2.03. The lowest BCUT2D eigenvalue weighted by molar-refractivity contribution is 1.24. The quantitative estimate of drug-likeness (QED) is 0.578. The summed E-state index contributed by atoms with van der Waals surface area (Å²) in [5, 5.41) is 0. The van der Waals surface area contributed by atoms with E-state index >= 15 is 0 Å². The summed E-state index contributed by atoms with van der Waals surface area (Å²) in [6.45, 7) is 1.96. The average molecular weight is 181 g/mol. The van der Waals surface area contributed by atoms with Crippen LogP contribution in [0.2, 0.25) is 0 Å². The fraction of sp³-hybridized carbons (Fsp3) is 0.143. The van der Waals surface area contributed by atoms with Crippen molar-refractivity contribution < 1.29 is 0 Å². The highest BCUT2D eigenvalue weighted by Crippen LogP contribution is 2.23. The van der Waals surface area contributed by atoms with Crippen molar-refractivity contribution in [3.8, 4) is 0 Å². The van der Waals surface area contributed by atoms with Crippen LogP contribution in [0, 0.1) is 6.08 Å². The fourth-order valence-electron chi connectivity index (χ4n) is 1.58. The van der Waals surface area contributed by atoms with Crippen molar-refractivity contribution in [2.75, 3.05) is 0 Å². The molecule has 0 aromatic heterocycles. The predicted octanol–water partition coefficient (Wildman–Crippen LogP) is 3.78. The van der Waals surface area contributed by atoms with Crippen molar-refractivity contribution >= 4 is 5.57 Å². The Balaban J connectivity index is 2.24. The van der Waals surface area contributed by atoms with Crippen LogP contribution in [0.15, 0.2) is 54.1 Å². The average Bonchev–Trinajstić information content (AvgIpc) is 2.30. The fourth-order valence-corrected chi connectivity index (χ4v) is 1.58. The van der Waals surface area contributed by atoms with Crippen molar-refractivity contribution in [2.45, 2.75) is 13.3 Å². The molecule has 1 aliphatic rings. The minimum atomic E-state index is 0.997. The Bertz CT molecular complexity index is 391. The van der Waals surface area contributed by atoms with Crippen molar-refractivity contribution in [3.63, 3.8) is 0 Å². The number of benzene rings is 1. The normalized spacial score (nSPS) is 17.8. The van der Waals surface area contributed by atoms with Gasteiger partial charge in [-0.05, 0) is 11.1 Å². The largest absolute Gasteiger partial charge is 0.170 e. The Morgan fingerprint density at radius 3 is 2.43 bits per heavy atom. The third kappa shape index (κ3) is 1.81. The lowest BCUT2D eigenvalue weighted by atomic mass is 9.97. The molecule has 0 heteroatoms. The van der Waals surface area contributed by atoms with E-state index in [2.05, 4.69) is 48.6 Å². The molecule has 0 spiro atoms. The zero-order valence-electron chi connectivity index (χ0n) is 8.33. The Labute approximate surface area is 85.3 Å². The van der Waals surface area contributed by atoms with Gasteiger partial charge in [0.15, 0.2) is 5.57 Å². The minimum Gasteiger partial charge on any atom is -0.0660 e. The summed E-state index contributed by atoms with van der Waals surface area (Å²) in [5.41, 5.74) is 3.87. The van der Waals surface area contributed by atoms with E-state index in [1.165, 1.54) is 16.7 Å². The highest BCUT2D eigenvalue weighted by molar-refractivity contribution is 5.76. The SMILES string of the molecule is C[C+]=C1C=CC(c2ccccc2)=CC1. The summed E-state index contributed by atoms with van der Waals surface area (Å²) in [6.07, 6.45) is 10.7. The maximum atomic E-state index is 3.16. The van der Waals surface area contributed by atoms with Gasteiger partial charge in [-0.25, -0.2) is 0 Å². The van der Waals surface area contributed by atoms with Crippen molar-refractivity contribution in [2.24, 2.45) is 0 Å². The molecule has 0 atom stereocenters. The molecule has 1 aromatic rings. The van der Waals surface area contributed by atoms with Crippen LogP contribution in [0.3, 0.4) is 0 Å². The zero-order chi connectivity index (χ0) is 9.80. The van der Waals surface area contributed by atoms with Gasteiger partial charge >= 0.3 is 0 Å². The summed E-state index contributed by atoms with van der Waals surface area (Å²) in [7, 11) is 0. The van der Waals surface area contributed by atoms with Crippen LogP contribution >= 0.6 is 0 Å². The first-order valence-corrected chi connectivity index (χ1v) is 4.87. The lowest BCUT2D eigenvalue weighted by Crippen LogP contribution is -1.87. The van der Waals surface area contributed by atoms with Gasteiger partial charge in [-0.2, -0.15) is 0 Å². The molecule has 0 N–H and O–H groups in total. The number of hydrogen-bond acceptors (Lipinski definition) is 0. The summed E-state index contributed by atoms with van der Waals surface area (Å²) < 4.78 is 0. The van der Waals surface area contributed by atoms with Gasteiger partial charge in [0.05, 0.1) is 19.1 Å². The Kier molecular flexibility index (Phi) is 2.58. The van der Waals surface area contributed by atoms with E-state index in [0.29, 0.717) is 0 Å². The van der Waals surface area contributed by atoms with Gasteiger partial charge in [-0.15, -0.1) is 0 Å². The van der Waals surface area contributed by atoms with E-state index in [0.717, 1.165) is 6.42 Å². The highest BCUT2D eigenvalue weighted by Gasteiger charge is 2.08. The van der Waals surface area contributed by atoms with Gasteiger partial charge in [0.25, 0.3) is 0 Å². The van der Waals surface area contributed by atoms with E-state index in [1.54, 1.807) is 0 Å². The molecule has 0 saturated carbocycles. The standard InChI is InChI=1S/C14H13/c1-2-12-8-10-14(11-9-12)13-6-4-3-5-7-13/h3-8,10-11H,9H2,1H3/q+1. The van der Waals surface area contributed by atoms with Crippen molar-refractivity contribution in [3.05, 3.63) is 65.8 Å². The Morgan fingerprint density at radius 2 is 1.86 bits per heavy atom. The van der Waals surface area contributed by atoms with E-state index in [9.17, 15) is 0 Å². The van der Waals surface area contributed by atoms with Crippen LogP contribution in [-0.4, -0.2) is 0 Å². The monoisotopic (exact) mass is 181 g/mol. The van der Waals surface area contributed by atoms with Crippen LogP contribution in [0.1, 0.15) is 18.9 Å². The molecule has 1 aromatic carbocycles. The summed E-state index contributed by atoms with van der Waals surface area (Å²) in [4.78, 5) is 0. The van der Waals surface area contributed by atoms with Crippen LogP contribution < -0.4 is 0 Å². The summed E-state index contributed by atoms with van der Waals surface area (Å²) in [5.74, 6) is 0. The summed E-state index contributed by atoms with van der Waals surface area (Å²) >= 11 is 0. The third-order valence-corrected chi connectivity index (χ3v) is 2.43. The molecule has 0 aliphatic heterocycles. The molecule has 0 saturated heterocycles. The predicted molar refractivity (Wildman–Crippen MR) is 60.6 cm³/mol. The smallest absolute Gasteiger partial charge is 0.0660 e. The first-order chi connectivity index (χ1) is 6.90. The van der Waals surface area contributed by atoms with Crippen LogP contribution in [0.25, 0.3) is 5.57 Å². The first kappa shape index (κ1) is 8.93. The molecular weight excluding hydrogens is 168 g/mol. The molecular formula is C14H13+. The molecule has 2 rings (SSSR count). The second-order valence-corrected chi connectivity index (χ2v) is 3.34. The van der Waals surface area contributed by atoms with Gasteiger partial charge in [-0.1, -0.05) is 36.4 Å². The van der Waals surface area contributed by atoms with Gasteiger partial charge < -0.3 is 0 Å². The van der Waals surface area contributed by atoms with Gasteiger partial charge in [0.2, 0.25) is 0 Å². The number of allylic oxidation sites excluding steroid dienone is 6. The van der Waals surface area contributed by atoms with Crippen molar-refractivity contribution in [1.29, 1.82) is 0 Å². The third-order valence-electron chi connectivity index (χ3n) is 2.43. The zero-order valence-corrected chi connectivity index (χ0v) is 8.33. The maximum Gasteiger partial charge on any atom is 0.170 e. The second-order valence-electron chi connectivity index (χ2n) is 3.34. The number of rotatable bonds is 1.